The molecule has 0 aromatic carbocycles. The average Bonchev–Trinajstić information content (AvgIpc) is 2.63. The fourth-order valence-corrected chi connectivity index (χ4v) is 1.25. The quantitative estimate of drug-likeness (QED) is 0.674. The van der Waals surface area contributed by atoms with Gasteiger partial charge in [-0.1, -0.05) is 0 Å². The number of aryl methyl sites for hydroxylation is 1. The maximum absolute atomic E-state index is 5.51. The molecule has 0 radical (unpaired) electrons. The van der Waals surface area contributed by atoms with Crippen LogP contribution in [0.5, 0.6) is 6.01 Å². The number of nitrogen functional groups attached to an aromatic ring is 1. The van der Waals surface area contributed by atoms with Gasteiger partial charge >= 0.3 is 6.01 Å². The van der Waals surface area contributed by atoms with Crippen LogP contribution in [0.15, 0.2) is 0 Å². The van der Waals surface area contributed by atoms with Gasteiger partial charge in [-0.25, -0.2) is 4.68 Å². The predicted molar refractivity (Wildman–Crippen MR) is 45.3 cm³/mol. The van der Waals surface area contributed by atoms with E-state index in [-0.39, 0.29) is 12.1 Å². The van der Waals surface area contributed by atoms with E-state index in [2.05, 4.69) is 10.1 Å². The number of ether oxygens (including phenoxy) is 2. The lowest BCUT2D eigenvalue weighted by molar-refractivity contribution is 0.131. The zero-order chi connectivity index (χ0) is 9.26. The first-order valence-corrected chi connectivity index (χ1v) is 4.16. The zero-order valence-electron chi connectivity index (χ0n) is 7.43. The summed E-state index contributed by atoms with van der Waals surface area (Å²) in [5.41, 5.74) is 5.40. The van der Waals surface area contributed by atoms with E-state index in [0.717, 1.165) is 13.0 Å². The lowest BCUT2D eigenvalue weighted by atomic mass is 10.3. The lowest BCUT2D eigenvalue weighted by Gasteiger charge is -2.08. The highest BCUT2D eigenvalue weighted by Gasteiger charge is 2.19. The van der Waals surface area contributed by atoms with Crippen LogP contribution >= 0.6 is 0 Å². The number of rotatable bonds is 2. The summed E-state index contributed by atoms with van der Waals surface area (Å²) in [5, 5.41) is 3.87. The highest BCUT2D eigenvalue weighted by Crippen LogP contribution is 2.14. The van der Waals surface area contributed by atoms with Gasteiger partial charge in [0.25, 0.3) is 0 Å². The van der Waals surface area contributed by atoms with Gasteiger partial charge in [-0.3, -0.25) is 0 Å². The molecule has 1 saturated heterocycles. The molecule has 6 heteroatoms. The van der Waals surface area contributed by atoms with Crippen molar-refractivity contribution in [1.29, 1.82) is 0 Å². The van der Waals surface area contributed by atoms with E-state index in [9.17, 15) is 0 Å². The second-order valence-corrected chi connectivity index (χ2v) is 2.98. The standard InChI is InChI=1S/C7H12N4O2/c1-11-7(9-6(8)10-11)13-5-2-3-12-4-5/h5H,2-4H2,1H3,(H2,8,10)/t5-/m1/s1. The van der Waals surface area contributed by atoms with Crippen molar-refractivity contribution in [2.45, 2.75) is 12.5 Å². The molecule has 0 bridgehead atoms. The third kappa shape index (κ3) is 1.72. The molecule has 6 nitrogen and oxygen atoms in total. The van der Waals surface area contributed by atoms with Gasteiger partial charge in [-0.15, -0.1) is 5.10 Å². The normalized spacial score (nSPS) is 22.1. The van der Waals surface area contributed by atoms with Crippen molar-refractivity contribution < 1.29 is 9.47 Å². The van der Waals surface area contributed by atoms with E-state index in [0.29, 0.717) is 12.6 Å². The van der Waals surface area contributed by atoms with E-state index >= 15 is 0 Å². The molecular formula is C7H12N4O2. The summed E-state index contributed by atoms with van der Waals surface area (Å²) in [6.45, 7) is 1.37. The third-order valence-corrected chi connectivity index (χ3v) is 1.90. The van der Waals surface area contributed by atoms with Crippen LogP contribution in [0.1, 0.15) is 6.42 Å². The molecule has 0 saturated carbocycles. The molecule has 1 fully saturated rings. The third-order valence-electron chi connectivity index (χ3n) is 1.90. The Kier molecular flexibility index (Phi) is 2.05. The minimum absolute atomic E-state index is 0.0855. The number of nitrogens with two attached hydrogens (primary N) is 1. The Morgan fingerprint density at radius 2 is 2.54 bits per heavy atom. The van der Waals surface area contributed by atoms with Crippen LogP contribution in [0.2, 0.25) is 0 Å². The summed E-state index contributed by atoms with van der Waals surface area (Å²) in [6, 6.07) is 0.452. The Bertz CT molecular complexity index is 293. The maximum Gasteiger partial charge on any atom is 0.316 e. The molecule has 1 aromatic heterocycles. The number of hydrogen-bond donors (Lipinski definition) is 1. The SMILES string of the molecule is Cn1nc(N)nc1O[C@@H]1CCOC1. The van der Waals surface area contributed by atoms with Gasteiger partial charge in [0.15, 0.2) is 0 Å². The largest absolute Gasteiger partial charge is 0.458 e. The first-order valence-electron chi connectivity index (χ1n) is 4.16. The minimum atomic E-state index is 0.0855. The lowest BCUT2D eigenvalue weighted by Crippen LogP contribution is -2.18. The summed E-state index contributed by atoms with van der Waals surface area (Å²) in [7, 11) is 1.74. The van der Waals surface area contributed by atoms with E-state index in [1.54, 1.807) is 7.05 Å². The minimum Gasteiger partial charge on any atom is -0.458 e. The van der Waals surface area contributed by atoms with Crippen molar-refractivity contribution in [3.63, 3.8) is 0 Å². The van der Waals surface area contributed by atoms with Crippen LogP contribution in [0.4, 0.5) is 5.95 Å². The first-order chi connectivity index (χ1) is 6.25. The van der Waals surface area contributed by atoms with Gasteiger partial charge in [-0.05, 0) is 0 Å². The van der Waals surface area contributed by atoms with E-state index in [1.165, 1.54) is 4.68 Å². The first kappa shape index (κ1) is 8.31. The van der Waals surface area contributed by atoms with Gasteiger partial charge in [0, 0.05) is 13.5 Å². The monoisotopic (exact) mass is 184 g/mol. The molecule has 0 unspecified atom stereocenters. The molecule has 2 heterocycles. The van der Waals surface area contributed by atoms with Gasteiger partial charge in [0.1, 0.15) is 6.10 Å². The summed E-state index contributed by atoms with van der Waals surface area (Å²) in [5.74, 6) is 0.233. The summed E-state index contributed by atoms with van der Waals surface area (Å²) in [4.78, 5) is 3.93. The van der Waals surface area contributed by atoms with Crippen molar-refractivity contribution in [3.05, 3.63) is 0 Å². The van der Waals surface area contributed by atoms with E-state index < -0.39 is 0 Å². The Morgan fingerprint density at radius 1 is 1.69 bits per heavy atom. The van der Waals surface area contributed by atoms with Gasteiger partial charge in [-0.2, -0.15) is 4.98 Å². The molecule has 1 aromatic rings. The topological polar surface area (TPSA) is 75.2 Å². The van der Waals surface area contributed by atoms with Crippen molar-refractivity contribution in [2.75, 3.05) is 18.9 Å². The number of aromatic nitrogens is 3. The average molecular weight is 184 g/mol. The molecule has 1 aliphatic heterocycles. The summed E-state index contributed by atoms with van der Waals surface area (Å²) >= 11 is 0. The van der Waals surface area contributed by atoms with E-state index in [1.807, 2.05) is 0 Å². The van der Waals surface area contributed by atoms with Gasteiger partial charge < -0.3 is 15.2 Å². The van der Waals surface area contributed by atoms with Crippen molar-refractivity contribution in [1.82, 2.24) is 14.8 Å². The Balaban J connectivity index is 2.03. The van der Waals surface area contributed by atoms with Gasteiger partial charge in [0.2, 0.25) is 5.95 Å². The molecule has 72 valence electrons. The van der Waals surface area contributed by atoms with Crippen LogP contribution in [0.25, 0.3) is 0 Å². The second-order valence-electron chi connectivity index (χ2n) is 2.98. The zero-order valence-corrected chi connectivity index (χ0v) is 7.43. The second kappa shape index (κ2) is 3.21. The molecule has 0 spiro atoms. The van der Waals surface area contributed by atoms with Crippen molar-refractivity contribution >= 4 is 5.95 Å². The fraction of sp³-hybridized carbons (Fsp3) is 0.714. The Labute approximate surface area is 75.6 Å². The fourth-order valence-electron chi connectivity index (χ4n) is 1.25. The molecule has 0 aliphatic carbocycles. The molecule has 13 heavy (non-hydrogen) atoms. The highest BCUT2D eigenvalue weighted by molar-refractivity contribution is 5.16. The predicted octanol–water partition coefficient (Wildman–Crippen LogP) is -0.435. The van der Waals surface area contributed by atoms with E-state index in [4.69, 9.17) is 15.2 Å². The molecule has 2 N–H and O–H groups in total. The summed E-state index contributed by atoms with van der Waals surface area (Å²) < 4.78 is 12.2. The molecular weight excluding hydrogens is 172 g/mol. The number of anilines is 1. The van der Waals surface area contributed by atoms with Crippen LogP contribution < -0.4 is 10.5 Å². The van der Waals surface area contributed by atoms with Crippen LogP contribution in [-0.2, 0) is 11.8 Å². The molecule has 1 aliphatic rings. The van der Waals surface area contributed by atoms with Crippen molar-refractivity contribution in [3.8, 4) is 6.01 Å². The number of nitrogens with zero attached hydrogens (tertiary/aromatic N) is 3. The van der Waals surface area contributed by atoms with Gasteiger partial charge in [0.05, 0.1) is 13.2 Å². The van der Waals surface area contributed by atoms with Crippen LogP contribution in [0.3, 0.4) is 0 Å². The smallest absolute Gasteiger partial charge is 0.316 e. The number of hydrogen-bond acceptors (Lipinski definition) is 5. The molecule has 0 amide bonds. The van der Waals surface area contributed by atoms with Crippen molar-refractivity contribution in [2.24, 2.45) is 7.05 Å². The summed E-state index contributed by atoms with van der Waals surface area (Å²) in [6.07, 6.45) is 0.981. The highest BCUT2D eigenvalue weighted by atomic mass is 16.6. The van der Waals surface area contributed by atoms with Crippen LogP contribution in [0, 0.1) is 0 Å². The Hall–Kier alpha value is -1.30. The van der Waals surface area contributed by atoms with Crippen LogP contribution in [-0.4, -0.2) is 34.1 Å². The Morgan fingerprint density at radius 3 is 3.08 bits per heavy atom. The molecule has 2 rings (SSSR count). The maximum atomic E-state index is 5.51. The molecule has 1 atom stereocenters.